The number of aromatic nitrogens is 2. The SMILES string of the molecule is CC(C)c1nnc(C2CCN(Cc3cccc(Cl)c3)CC2)o1. The Kier molecular flexibility index (Phi) is 4.79. The molecule has 118 valence electrons. The van der Waals surface area contributed by atoms with Gasteiger partial charge in [-0.05, 0) is 43.6 Å². The first-order chi connectivity index (χ1) is 10.6. The Morgan fingerprint density at radius 2 is 2.05 bits per heavy atom. The van der Waals surface area contributed by atoms with Gasteiger partial charge in [0.05, 0.1) is 0 Å². The van der Waals surface area contributed by atoms with Crippen LogP contribution in [0, 0.1) is 0 Å². The van der Waals surface area contributed by atoms with Crippen LogP contribution in [0.25, 0.3) is 0 Å². The second kappa shape index (κ2) is 6.80. The molecule has 0 amide bonds. The Balaban J connectivity index is 1.55. The maximum atomic E-state index is 6.05. The largest absolute Gasteiger partial charge is 0.425 e. The lowest BCUT2D eigenvalue weighted by Crippen LogP contribution is -2.32. The standard InChI is InChI=1S/C17H22ClN3O/c1-12(2)16-19-20-17(22-16)14-6-8-21(9-7-14)11-13-4-3-5-15(18)10-13/h3-5,10,12,14H,6-9,11H2,1-2H3. The van der Waals surface area contributed by atoms with Gasteiger partial charge in [0.1, 0.15) is 0 Å². The Morgan fingerprint density at radius 3 is 2.68 bits per heavy atom. The third-order valence-corrected chi connectivity index (χ3v) is 4.42. The number of nitrogens with zero attached hydrogens (tertiary/aromatic N) is 3. The van der Waals surface area contributed by atoms with Crippen LogP contribution in [0.4, 0.5) is 0 Å². The van der Waals surface area contributed by atoms with E-state index in [1.54, 1.807) is 0 Å². The highest BCUT2D eigenvalue weighted by Gasteiger charge is 2.25. The number of benzene rings is 1. The summed E-state index contributed by atoms with van der Waals surface area (Å²) in [5, 5.41) is 9.18. The third-order valence-electron chi connectivity index (χ3n) is 4.18. The first-order valence-corrected chi connectivity index (χ1v) is 8.29. The van der Waals surface area contributed by atoms with Crippen molar-refractivity contribution in [3.8, 4) is 0 Å². The molecule has 0 bridgehead atoms. The predicted octanol–water partition coefficient (Wildman–Crippen LogP) is 4.23. The highest BCUT2D eigenvalue weighted by molar-refractivity contribution is 6.30. The maximum Gasteiger partial charge on any atom is 0.219 e. The quantitative estimate of drug-likeness (QED) is 0.846. The highest BCUT2D eigenvalue weighted by Crippen LogP contribution is 2.29. The van der Waals surface area contributed by atoms with Crippen LogP contribution >= 0.6 is 11.6 Å². The monoisotopic (exact) mass is 319 g/mol. The van der Waals surface area contributed by atoms with Gasteiger partial charge in [0.15, 0.2) is 0 Å². The zero-order valence-corrected chi connectivity index (χ0v) is 13.9. The average Bonchev–Trinajstić information content (AvgIpc) is 2.98. The third kappa shape index (κ3) is 3.68. The van der Waals surface area contributed by atoms with E-state index in [-0.39, 0.29) is 0 Å². The zero-order valence-electron chi connectivity index (χ0n) is 13.1. The van der Waals surface area contributed by atoms with Crippen LogP contribution < -0.4 is 0 Å². The van der Waals surface area contributed by atoms with Gasteiger partial charge in [-0.15, -0.1) is 10.2 Å². The summed E-state index contributed by atoms with van der Waals surface area (Å²) in [6, 6.07) is 8.10. The molecule has 0 radical (unpaired) electrons. The molecular weight excluding hydrogens is 298 g/mol. The lowest BCUT2D eigenvalue weighted by atomic mass is 9.96. The van der Waals surface area contributed by atoms with Crippen LogP contribution in [-0.4, -0.2) is 28.2 Å². The normalized spacial score (nSPS) is 17.3. The Labute approximate surface area is 136 Å². The van der Waals surface area contributed by atoms with Crippen LogP contribution in [0.5, 0.6) is 0 Å². The minimum absolute atomic E-state index is 0.296. The molecule has 1 aliphatic heterocycles. The molecule has 0 aliphatic carbocycles. The number of piperidine rings is 1. The summed E-state index contributed by atoms with van der Waals surface area (Å²) in [4.78, 5) is 2.46. The van der Waals surface area contributed by atoms with Crippen molar-refractivity contribution in [1.82, 2.24) is 15.1 Å². The van der Waals surface area contributed by atoms with E-state index < -0.39 is 0 Å². The van der Waals surface area contributed by atoms with Gasteiger partial charge in [0.25, 0.3) is 0 Å². The predicted molar refractivity (Wildman–Crippen MR) is 87.1 cm³/mol. The summed E-state index contributed by atoms with van der Waals surface area (Å²) in [5.41, 5.74) is 1.27. The van der Waals surface area contributed by atoms with E-state index in [2.05, 4.69) is 35.0 Å². The first-order valence-electron chi connectivity index (χ1n) is 7.92. The molecule has 0 atom stereocenters. The Bertz CT molecular complexity index is 618. The van der Waals surface area contributed by atoms with Gasteiger partial charge in [-0.1, -0.05) is 37.6 Å². The van der Waals surface area contributed by atoms with Gasteiger partial charge in [-0.3, -0.25) is 4.90 Å². The van der Waals surface area contributed by atoms with E-state index >= 15 is 0 Å². The molecular formula is C17H22ClN3O. The smallest absolute Gasteiger partial charge is 0.219 e. The molecule has 1 aromatic carbocycles. The number of hydrogen-bond donors (Lipinski definition) is 0. The van der Waals surface area contributed by atoms with E-state index in [0.717, 1.165) is 49.3 Å². The maximum absolute atomic E-state index is 6.05. The van der Waals surface area contributed by atoms with Crippen molar-refractivity contribution < 1.29 is 4.42 Å². The first kappa shape index (κ1) is 15.5. The number of likely N-dealkylation sites (tertiary alicyclic amines) is 1. The van der Waals surface area contributed by atoms with Crippen molar-refractivity contribution >= 4 is 11.6 Å². The fraction of sp³-hybridized carbons (Fsp3) is 0.529. The van der Waals surface area contributed by atoms with Crippen molar-refractivity contribution in [2.75, 3.05) is 13.1 Å². The van der Waals surface area contributed by atoms with Crippen LogP contribution in [-0.2, 0) is 6.54 Å². The molecule has 1 saturated heterocycles. The lowest BCUT2D eigenvalue weighted by Gasteiger charge is -2.30. The Hall–Kier alpha value is -1.39. The summed E-state index contributed by atoms with van der Waals surface area (Å²) in [5.74, 6) is 2.25. The molecule has 1 aliphatic rings. The van der Waals surface area contributed by atoms with E-state index in [9.17, 15) is 0 Å². The second-order valence-electron chi connectivity index (χ2n) is 6.31. The summed E-state index contributed by atoms with van der Waals surface area (Å²) < 4.78 is 5.80. The van der Waals surface area contributed by atoms with E-state index in [1.807, 2.05) is 18.2 Å². The highest BCUT2D eigenvalue weighted by atomic mass is 35.5. The van der Waals surface area contributed by atoms with E-state index in [4.69, 9.17) is 16.0 Å². The molecule has 1 fully saturated rings. The molecule has 2 heterocycles. The molecule has 0 spiro atoms. The number of rotatable bonds is 4. The molecule has 5 heteroatoms. The summed E-state index contributed by atoms with van der Waals surface area (Å²) in [7, 11) is 0. The van der Waals surface area contributed by atoms with Crippen molar-refractivity contribution in [2.24, 2.45) is 0 Å². The molecule has 4 nitrogen and oxygen atoms in total. The van der Waals surface area contributed by atoms with E-state index in [0.29, 0.717) is 11.8 Å². The van der Waals surface area contributed by atoms with Crippen LogP contribution in [0.15, 0.2) is 28.7 Å². The van der Waals surface area contributed by atoms with Crippen molar-refractivity contribution in [3.05, 3.63) is 46.6 Å². The van der Waals surface area contributed by atoms with Crippen molar-refractivity contribution in [2.45, 2.75) is 45.1 Å². The minimum Gasteiger partial charge on any atom is -0.425 e. The van der Waals surface area contributed by atoms with Gasteiger partial charge in [-0.2, -0.15) is 0 Å². The van der Waals surface area contributed by atoms with Gasteiger partial charge >= 0.3 is 0 Å². The van der Waals surface area contributed by atoms with Crippen LogP contribution in [0.1, 0.15) is 55.9 Å². The zero-order chi connectivity index (χ0) is 15.5. The Morgan fingerprint density at radius 1 is 1.27 bits per heavy atom. The van der Waals surface area contributed by atoms with Crippen LogP contribution in [0.2, 0.25) is 5.02 Å². The topological polar surface area (TPSA) is 42.2 Å². The number of hydrogen-bond acceptors (Lipinski definition) is 4. The summed E-state index contributed by atoms with van der Waals surface area (Å²) in [6.45, 7) is 7.21. The fourth-order valence-corrected chi connectivity index (χ4v) is 3.09. The molecule has 3 rings (SSSR count). The minimum atomic E-state index is 0.296. The molecule has 0 N–H and O–H groups in total. The average molecular weight is 320 g/mol. The molecule has 0 saturated carbocycles. The second-order valence-corrected chi connectivity index (χ2v) is 6.75. The van der Waals surface area contributed by atoms with E-state index in [1.165, 1.54) is 5.56 Å². The summed E-state index contributed by atoms with van der Waals surface area (Å²) in [6.07, 6.45) is 2.14. The van der Waals surface area contributed by atoms with Gasteiger partial charge < -0.3 is 4.42 Å². The molecule has 0 unspecified atom stereocenters. The molecule has 1 aromatic heterocycles. The van der Waals surface area contributed by atoms with Crippen molar-refractivity contribution in [3.63, 3.8) is 0 Å². The molecule has 2 aromatic rings. The van der Waals surface area contributed by atoms with Gasteiger partial charge in [0.2, 0.25) is 11.8 Å². The molecule has 22 heavy (non-hydrogen) atoms. The summed E-state index contributed by atoms with van der Waals surface area (Å²) >= 11 is 6.05. The van der Waals surface area contributed by atoms with Gasteiger partial charge in [-0.25, -0.2) is 0 Å². The number of halogens is 1. The van der Waals surface area contributed by atoms with Crippen LogP contribution in [0.3, 0.4) is 0 Å². The van der Waals surface area contributed by atoms with Crippen molar-refractivity contribution in [1.29, 1.82) is 0 Å². The fourth-order valence-electron chi connectivity index (χ4n) is 2.88. The lowest BCUT2D eigenvalue weighted by molar-refractivity contribution is 0.191. The van der Waals surface area contributed by atoms with Gasteiger partial charge in [0, 0.05) is 23.4 Å².